The molecule has 0 aliphatic carbocycles. The fourth-order valence-electron chi connectivity index (χ4n) is 2.13. The third-order valence-corrected chi connectivity index (χ3v) is 5.10. The number of phenols is 1. The monoisotopic (exact) mass is 286 g/mol. The third kappa shape index (κ3) is 3.24. The van der Waals surface area contributed by atoms with E-state index in [-0.39, 0.29) is 17.3 Å². The normalized spacial score (nSPS) is 18.6. The van der Waals surface area contributed by atoms with Crippen LogP contribution in [0.15, 0.2) is 29.2 Å². The van der Waals surface area contributed by atoms with Crippen molar-refractivity contribution in [3.8, 4) is 5.75 Å². The van der Waals surface area contributed by atoms with Crippen molar-refractivity contribution in [2.45, 2.75) is 4.90 Å². The summed E-state index contributed by atoms with van der Waals surface area (Å²) < 4.78 is 26.1. The molecule has 106 valence electrons. The molecule has 1 heterocycles. The van der Waals surface area contributed by atoms with Crippen molar-refractivity contribution < 1.29 is 18.6 Å². The van der Waals surface area contributed by atoms with Crippen LogP contribution in [0.5, 0.6) is 5.75 Å². The van der Waals surface area contributed by atoms with E-state index in [2.05, 4.69) is 0 Å². The van der Waals surface area contributed by atoms with E-state index in [1.807, 2.05) is 4.90 Å². The van der Waals surface area contributed by atoms with Crippen LogP contribution in [-0.4, -0.2) is 67.2 Å². The SMILES string of the molecule is O=S(=O)(c1cccc(O)c1)N1CCN(CCO)CC1. The molecule has 1 aromatic carbocycles. The van der Waals surface area contributed by atoms with Gasteiger partial charge in [0.2, 0.25) is 10.0 Å². The fourth-order valence-corrected chi connectivity index (χ4v) is 3.59. The van der Waals surface area contributed by atoms with Gasteiger partial charge < -0.3 is 10.2 Å². The molecule has 2 rings (SSSR count). The molecule has 1 saturated heterocycles. The van der Waals surface area contributed by atoms with Gasteiger partial charge in [-0.25, -0.2) is 8.42 Å². The van der Waals surface area contributed by atoms with Gasteiger partial charge in [0.15, 0.2) is 0 Å². The van der Waals surface area contributed by atoms with Crippen molar-refractivity contribution in [3.63, 3.8) is 0 Å². The summed E-state index contributed by atoms with van der Waals surface area (Å²) in [7, 11) is -3.54. The first-order valence-electron chi connectivity index (χ1n) is 6.16. The van der Waals surface area contributed by atoms with Crippen LogP contribution in [0.3, 0.4) is 0 Å². The topological polar surface area (TPSA) is 81.1 Å². The molecule has 0 aromatic heterocycles. The van der Waals surface area contributed by atoms with Crippen molar-refractivity contribution in [3.05, 3.63) is 24.3 Å². The molecule has 6 nitrogen and oxygen atoms in total. The molecule has 0 atom stereocenters. The van der Waals surface area contributed by atoms with Crippen LogP contribution >= 0.6 is 0 Å². The summed E-state index contributed by atoms with van der Waals surface area (Å²) in [4.78, 5) is 2.14. The molecule has 0 saturated carbocycles. The lowest BCUT2D eigenvalue weighted by atomic mass is 10.3. The zero-order valence-electron chi connectivity index (χ0n) is 10.6. The first kappa shape index (κ1) is 14.3. The van der Waals surface area contributed by atoms with Crippen LogP contribution in [0.25, 0.3) is 0 Å². The van der Waals surface area contributed by atoms with Crippen LogP contribution in [0.2, 0.25) is 0 Å². The molecule has 19 heavy (non-hydrogen) atoms. The van der Waals surface area contributed by atoms with Crippen molar-refractivity contribution >= 4 is 10.0 Å². The van der Waals surface area contributed by atoms with E-state index in [1.165, 1.54) is 28.6 Å². The number of nitrogens with zero attached hydrogens (tertiary/aromatic N) is 2. The van der Waals surface area contributed by atoms with Crippen LogP contribution < -0.4 is 0 Å². The van der Waals surface area contributed by atoms with Crippen molar-refractivity contribution in [2.24, 2.45) is 0 Å². The Balaban J connectivity index is 2.10. The van der Waals surface area contributed by atoms with Gasteiger partial charge in [-0.15, -0.1) is 0 Å². The number of phenolic OH excluding ortho intramolecular Hbond substituents is 1. The number of aromatic hydroxyl groups is 1. The Labute approximate surface area is 112 Å². The molecule has 1 fully saturated rings. The number of hydrogen-bond donors (Lipinski definition) is 2. The lowest BCUT2D eigenvalue weighted by molar-refractivity contribution is 0.151. The number of benzene rings is 1. The van der Waals surface area contributed by atoms with Gasteiger partial charge in [0, 0.05) is 32.7 Å². The third-order valence-electron chi connectivity index (χ3n) is 3.20. The molecule has 0 amide bonds. The largest absolute Gasteiger partial charge is 0.508 e. The molecule has 0 unspecified atom stereocenters. The smallest absolute Gasteiger partial charge is 0.243 e. The Bertz CT molecular complexity index is 524. The number of piperazine rings is 1. The van der Waals surface area contributed by atoms with Gasteiger partial charge in [0.05, 0.1) is 11.5 Å². The summed E-state index contributed by atoms with van der Waals surface area (Å²) in [5.41, 5.74) is 0. The van der Waals surface area contributed by atoms with Gasteiger partial charge in [0.1, 0.15) is 5.75 Å². The van der Waals surface area contributed by atoms with Gasteiger partial charge in [-0.05, 0) is 18.2 Å². The second kappa shape index (κ2) is 5.87. The van der Waals surface area contributed by atoms with E-state index in [0.29, 0.717) is 32.7 Å². The lowest BCUT2D eigenvalue weighted by Crippen LogP contribution is -2.49. The Morgan fingerprint density at radius 1 is 1.16 bits per heavy atom. The molecule has 0 radical (unpaired) electrons. The maximum absolute atomic E-state index is 12.4. The Hall–Kier alpha value is -1.15. The average molecular weight is 286 g/mol. The predicted octanol–water partition coefficient (Wildman–Crippen LogP) is -0.309. The number of sulfonamides is 1. The van der Waals surface area contributed by atoms with E-state index in [1.54, 1.807) is 0 Å². The zero-order chi connectivity index (χ0) is 13.9. The van der Waals surface area contributed by atoms with Gasteiger partial charge in [-0.3, -0.25) is 4.90 Å². The van der Waals surface area contributed by atoms with Crippen LogP contribution in [0.1, 0.15) is 0 Å². The highest BCUT2D eigenvalue weighted by molar-refractivity contribution is 7.89. The Morgan fingerprint density at radius 2 is 1.84 bits per heavy atom. The molecule has 2 N–H and O–H groups in total. The minimum absolute atomic E-state index is 0.0556. The Morgan fingerprint density at radius 3 is 2.42 bits per heavy atom. The van der Waals surface area contributed by atoms with E-state index in [9.17, 15) is 13.5 Å². The highest BCUT2D eigenvalue weighted by atomic mass is 32.2. The summed E-state index contributed by atoms with van der Waals surface area (Å²) in [6, 6.07) is 5.70. The molecular weight excluding hydrogens is 268 g/mol. The zero-order valence-corrected chi connectivity index (χ0v) is 11.4. The van der Waals surface area contributed by atoms with Crippen LogP contribution in [0, 0.1) is 0 Å². The number of rotatable bonds is 4. The van der Waals surface area contributed by atoms with E-state index in [0.717, 1.165) is 0 Å². The van der Waals surface area contributed by atoms with Crippen LogP contribution in [0.4, 0.5) is 0 Å². The second-order valence-corrected chi connectivity index (χ2v) is 6.40. The summed E-state index contributed by atoms with van der Waals surface area (Å²) in [5.74, 6) is -0.0556. The van der Waals surface area contributed by atoms with Gasteiger partial charge in [-0.2, -0.15) is 4.31 Å². The summed E-state index contributed by atoms with van der Waals surface area (Å²) in [6.07, 6.45) is 0. The predicted molar refractivity (Wildman–Crippen MR) is 70.4 cm³/mol. The van der Waals surface area contributed by atoms with E-state index < -0.39 is 10.0 Å². The van der Waals surface area contributed by atoms with Crippen LogP contribution in [-0.2, 0) is 10.0 Å². The maximum Gasteiger partial charge on any atom is 0.243 e. The van der Waals surface area contributed by atoms with E-state index >= 15 is 0 Å². The molecule has 1 aliphatic rings. The number of aliphatic hydroxyl groups is 1. The number of aliphatic hydroxyl groups excluding tert-OH is 1. The maximum atomic E-state index is 12.4. The molecule has 7 heteroatoms. The molecule has 1 aliphatic heterocycles. The molecule has 0 spiro atoms. The number of β-amino-alcohol motifs (C(OH)–C–C–N with tert-alkyl or cyclic N) is 1. The fraction of sp³-hybridized carbons (Fsp3) is 0.500. The highest BCUT2D eigenvalue weighted by Crippen LogP contribution is 2.21. The molecular formula is C12H18N2O4S. The van der Waals surface area contributed by atoms with Crippen molar-refractivity contribution in [2.75, 3.05) is 39.3 Å². The number of hydrogen-bond acceptors (Lipinski definition) is 5. The lowest BCUT2D eigenvalue weighted by Gasteiger charge is -2.33. The van der Waals surface area contributed by atoms with Gasteiger partial charge >= 0.3 is 0 Å². The first-order chi connectivity index (χ1) is 9.04. The highest BCUT2D eigenvalue weighted by Gasteiger charge is 2.28. The summed E-state index contributed by atoms with van der Waals surface area (Å²) >= 11 is 0. The van der Waals surface area contributed by atoms with Crippen molar-refractivity contribution in [1.82, 2.24) is 9.21 Å². The minimum atomic E-state index is -3.54. The molecule has 0 bridgehead atoms. The summed E-state index contributed by atoms with van der Waals surface area (Å²) in [5, 5.41) is 18.2. The molecule has 1 aromatic rings. The Kier molecular flexibility index (Phi) is 4.41. The van der Waals surface area contributed by atoms with Gasteiger partial charge in [0.25, 0.3) is 0 Å². The average Bonchev–Trinajstić information content (AvgIpc) is 2.40. The second-order valence-electron chi connectivity index (χ2n) is 4.47. The van der Waals surface area contributed by atoms with Gasteiger partial charge in [-0.1, -0.05) is 6.07 Å². The quantitative estimate of drug-likeness (QED) is 0.793. The minimum Gasteiger partial charge on any atom is -0.508 e. The standard InChI is InChI=1S/C12H18N2O4S/c15-9-8-13-4-6-14(7-5-13)19(17,18)12-3-1-2-11(16)10-12/h1-3,10,15-16H,4-9H2. The van der Waals surface area contributed by atoms with Crippen molar-refractivity contribution in [1.29, 1.82) is 0 Å². The first-order valence-corrected chi connectivity index (χ1v) is 7.60. The van der Waals surface area contributed by atoms with E-state index in [4.69, 9.17) is 5.11 Å². The summed E-state index contributed by atoms with van der Waals surface area (Å²) in [6.45, 7) is 2.67.